The van der Waals surface area contributed by atoms with Crippen LogP contribution in [-0.2, 0) is 6.42 Å². The highest BCUT2D eigenvalue weighted by molar-refractivity contribution is 7.18. The van der Waals surface area contributed by atoms with Crippen molar-refractivity contribution in [1.29, 1.82) is 0 Å². The molecule has 3 rings (SSSR count). The van der Waals surface area contributed by atoms with Gasteiger partial charge in [0.05, 0.1) is 20.8 Å². The molecule has 1 aliphatic rings. The molecular weight excluding hydrogens is 242 g/mol. The molecule has 18 heavy (non-hydrogen) atoms. The molecule has 0 saturated heterocycles. The average molecular weight is 261 g/mol. The number of benzene rings is 1. The Hall–Kier alpha value is -0.930. The molecule has 1 heterocycles. The van der Waals surface area contributed by atoms with Crippen LogP contribution in [0.5, 0.6) is 0 Å². The predicted octanol–water partition coefficient (Wildman–Crippen LogP) is 3.78. The summed E-state index contributed by atoms with van der Waals surface area (Å²) in [5.41, 5.74) is 0.551. The number of hydrogen-bond acceptors (Lipinski definition) is 3. The Kier molecular flexibility index (Phi) is 3.12. The van der Waals surface area contributed by atoms with E-state index < -0.39 is 5.60 Å². The monoisotopic (exact) mass is 261 g/mol. The number of aliphatic hydroxyl groups is 1. The van der Waals surface area contributed by atoms with E-state index in [1.54, 1.807) is 11.3 Å². The van der Waals surface area contributed by atoms with Crippen LogP contribution in [-0.4, -0.2) is 15.7 Å². The number of thiazole rings is 1. The SMILES string of the molecule is CCC1CCCC1(O)Cc1nc2ccccc2s1. The first kappa shape index (κ1) is 12.1. The minimum absolute atomic E-state index is 0.449. The summed E-state index contributed by atoms with van der Waals surface area (Å²) in [5, 5.41) is 11.9. The van der Waals surface area contributed by atoms with Gasteiger partial charge in [0.1, 0.15) is 0 Å². The summed E-state index contributed by atoms with van der Waals surface area (Å²) in [5.74, 6) is 0.449. The van der Waals surface area contributed by atoms with Crippen LogP contribution in [0.4, 0.5) is 0 Å². The normalized spacial score (nSPS) is 28.0. The van der Waals surface area contributed by atoms with Crippen LogP contribution in [0.3, 0.4) is 0 Å². The Balaban J connectivity index is 1.87. The molecular formula is C15H19NOS. The largest absolute Gasteiger partial charge is 0.389 e. The van der Waals surface area contributed by atoms with Gasteiger partial charge in [0.2, 0.25) is 0 Å². The number of fused-ring (bicyclic) bond motifs is 1. The molecule has 2 nitrogen and oxygen atoms in total. The van der Waals surface area contributed by atoms with Crippen molar-refractivity contribution in [2.24, 2.45) is 5.92 Å². The van der Waals surface area contributed by atoms with Gasteiger partial charge in [-0.1, -0.05) is 31.9 Å². The number of aromatic nitrogens is 1. The van der Waals surface area contributed by atoms with E-state index in [1.165, 1.54) is 4.70 Å². The Labute approximate surface area is 112 Å². The van der Waals surface area contributed by atoms with E-state index in [0.717, 1.165) is 42.6 Å². The summed E-state index contributed by atoms with van der Waals surface area (Å²) in [7, 11) is 0. The lowest BCUT2D eigenvalue weighted by molar-refractivity contribution is 0.00148. The molecule has 0 spiro atoms. The lowest BCUT2D eigenvalue weighted by atomic mass is 9.86. The maximum absolute atomic E-state index is 10.8. The summed E-state index contributed by atoms with van der Waals surface area (Å²) < 4.78 is 1.22. The van der Waals surface area contributed by atoms with E-state index in [-0.39, 0.29) is 0 Å². The molecule has 1 saturated carbocycles. The lowest BCUT2D eigenvalue weighted by Crippen LogP contribution is -2.35. The van der Waals surface area contributed by atoms with E-state index in [0.29, 0.717) is 5.92 Å². The van der Waals surface area contributed by atoms with E-state index in [4.69, 9.17) is 0 Å². The van der Waals surface area contributed by atoms with Crippen LogP contribution in [0.2, 0.25) is 0 Å². The molecule has 0 radical (unpaired) electrons. The minimum Gasteiger partial charge on any atom is -0.389 e. The van der Waals surface area contributed by atoms with E-state index in [1.807, 2.05) is 18.2 Å². The summed E-state index contributed by atoms with van der Waals surface area (Å²) >= 11 is 1.72. The average Bonchev–Trinajstić information content (AvgIpc) is 2.91. The van der Waals surface area contributed by atoms with Gasteiger partial charge >= 0.3 is 0 Å². The van der Waals surface area contributed by atoms with E-state index in [9.17, 15) is 5.11 Å². The molecule has 2 atom stereocenters. The van der Waals surface area contributed by atoms with Crippen molar-refractivity contribution in [2.75, 3.05) is 0 Å². The third-order valence-corrected chi connectivity index (χ3v) is 5.25. The molecule has 2 unspecified atom stereocenters. The Morgan fingerprint density at radius 2 is 2.28 bits per heavy atom. The lowest BCUT2D eigenvalue weighted by Gasteiger charge is -2.28. The summed E-state index contributed by atoms with van der Waals surface area (Å²) in [6.45, 7) is 2.18. The van der Waals surface area contributed by atoms with Crippen molar-refractivity contribution in [3.05, 3.63) is 29.3 Å². The first-order chi connectivity index (χ1) is 8.71. The second kappa shape index (κ2) is 4.63. The van der Waals surface area contributed by atoms with Crippen molar-refractivity contribution >= 4 is 21.6 Å². The third kappa shape index (κ3) is 2.06. The van der Waals surface area contributed by atoms with Crippen LogP contribution >= 0.6 is 11.3 Å². The summed E-state index contributed by atoms with van der Waals surface area (Å²) in [4.78, 5) is 4.65. The van der Waals surface area contributed by atoms with Gasteiger partial charge in [-0.3, -0.25) is 0 Å². The van der Waals surface area contributed by atoms with Crippen LogP contribution in [0, 0.1) is 5.92 Å². The van der Waals surface area contributed by atoms with Crippen molar-refractivity contribution in [3.63, 3.8) is 0 Å². The summed E-state index contributed by atoms with van der Waals surface area (Å²) in [6, 6.07) is 8.21. The molecule has 1 fully saturated rings. The maximum atomic E-state index is 10.8. The second-order valence-electron chi connectivity index (χ2n) is 5.35. The molecule has 2 aromatic rings. The zero-order valence-corrected chi connectivity index (χ0v) is 11.5. The highest BCUT2D eigenvalue weighted by Gasteiger charge is 2.40. The summed E-state index contributed by atoms with van der Waals surface area (Å²) in [6.07, 6.45) is 5.05. The molecule has 3 heteroatoms. The Morgan fingerprint density at radius 1 is 1.44 bits per heavy atom. The number of hydrogen-bond donors (Lipinski definition) is 1. The van der Waals surface area contributed by atoms with Gasteiger partial charge in [-0.25, -0.2) is 4.98 Å². The van der Waals surface area contributed by atoms with Gasteiger partial charge < -0.3 is 5.11 Å². The molecule has 0 aliphatic heterocycles. The zero-order valence-electron chi connectivity index (χ0n) is 10.7. The van der Waals surface area contributed by atoms with Gasteiger partial charge in [-0.2, -0.15) is 0 Å². The first-order valence-corrected chi connectivity index (χ1v) is 7.60. The van der Waals surface area contributed by atoms with Gasteiger partial charge in [0.15, 0.2) is 0 Å². The molecule has 1 aromatic heterocycles. The van der Waals surface area contributed by atoms with Crippen molar-refractivity contribution in [1.82, 2.24) is 4.98 Å². The maximum Gasteiger partial charge on any atom is 0.0967 e. The van der Waals surface area contributed by atoms with E-state index in [2.05, 4.69) is 18.0 Å². The van der Waals surface area contributed by atoms with Crippen LogP contribution < -0.4 is 0 Å². The van der Waals surface area contributed by atoms with Crippen molar-refractivity contribution < 1.29 is 5.11 Å². The third-order valence-electron chi connectivity index (χ3n) is 4.21. The molecule has 1 aliphatic carbocycles. The minimum atomic E-state index is -0.511. The molecule has 1 aromatic carbocycles. The van der Waals surface area contributed by atoms with Gasteiger partial charge in [0, 0.05) is 6.42 Å². The van der Waals surface area contributed by atoms with E-state index >= 15 is 0 Å². The quantitative estimate of drug-likeness (QED) is 0.912. The van der Waals surface area contributed by atoms with Crippen LogP contribution in [0.1, 0.15) is 37.6 Å². The van der Waals surface area contributed by atoms with Gasteiger partial charge in [-0.15, -0.1) is 11.3 Å². The van der Waals surface area contributed by atoms with Crippen molar-refractivity contribution in [3.8, 4) is 0 Å². The van der Waals surface area contributed by atoms with Gasteiger partial charge in [-0.05, 0) is 30.9 Å². The zero-order chi connectivity index (χ0) is 12.6. The molecule has 0 bridgehead atoms. The Bertz CT molecular complexity index is 517. The fraction of sp³-hybridized carbons (Fsp3) is 0.533. The smallest absolute Gasteiger partial charge is 0.0967 e. The number of para-hydroxylation sites is 1. The number of nitrogens with zero attached hydrogens (tertiary/aromatic N) is 1. The fourth-order valence-corrected chi connectivity index (χ4v) is 4.29. The number of rotatable bonds is 3. The second-order valence-corrected chi connectivity index (χ2v) is 6.47. The fourth-order valence-electron chi connectivity index (χ4n) is 3.20. The first-order valence-electron chi connectivity index (χ1n) is 6.78. The van der Waals surface area contributed by atoms with Gasteiger partial charge in [0.25, 0.3) is 0 Å². The predicted molar refractivity (Wildman–Crippen MR) is 75.9 cm³/mol. The highest BCUT2D eigenvalue weighted by Crippen LogP contribution is 2.40. The Morgan fingerprint density at radius 3 is 3.06 bits per heavy atom. The van der Waals surface area contributed by atoms with Crippen molar-refractivity contribution in [2.45, 2.75) is 44.6 Å². The highest BCUT2D eigenvalue weighted by atomic mass is 32.1. The van der Waals surface area contributed by atoms with Crippen LogP contribution in [0.15, 0.2) is 24.3 Å². The molecule has 0 amide bonds. The molecule has 1 N–H and O–H groups in total. The van der Waals surface area contributed by atoms with Crippen LogP contribution in [0.25, 0.3) is 10.2 Å². The molecule has 96 valence electrons. The standard InChI is InChI=1S/C15H19NOS/c1-2-11-6-5-9-15(11,17)10-14-16-12-7-3-4-8-13(12)18-14/h3-4,7-8,11,17H,2,5-6,9-10H2,1H3. The topological polar surface area (TPSA) is 33.1 Å².